The first-order valence-corrected chi connectivity index (χ1v) is 9.64. The number of carbonyl (C=O) groups excluding carboxylic acids is 1. The van der Waals surface area contributed by atoms with Crippen molar-refractivity contribution in [3.05, 3.63) is 82.1 Å². The summed E-state index contributed by atoms with van der Waals surface area (Å²) in [7, 11) is 1.58. The lowest BCUT2D eigenvalue weighted by Crippen LogP contribution is -2.44. The lowest BCUT2D eigenvalue weighted by atomic mass is 10.00. The first-order valence-electron chi connectivity index (χ1n) is 8.89. The molecule has 7 heteroatoms. The van der Waals surface area contributed by atoms with Crippen LogP contribution in [0.4, 0.5) is 10.5 Å². The molecule has 0 saturated heterocycles. The number of carbonyl (C=O) groups is 1. The summed E-state index contributed by atoms with van der Waals surface area (Å²) in [4.78, 5) is 15.0. The van der Waals surface area contributed by atoms with Crippen LogP contribution in [-0.2, 0) is 6.54 Å². The maximum absolute atomic E-state index is 13.2. The van der Waals surface area contributed by atoms with Crippen LogP contribution in [-0.4, -0.2) is 29.2 Å². The molecule has 1 unspecified atom stereocenters. The van der Waals surface area contributed by atoms with Crippen molar-refractivity contribution in [2.24, 2.45) is 0 Å². The number of methoxy groups -OCH3 is 1. The summed E-state index contributed by atoms with van der Waals surface area (Å²) in [5, 5.41) is 4.06. The van der Waals surface area contributed by atoms with Gasteiger partial charge in [-0.1, -0.05) is 41.4 Å². The van der Waals surface area contributed by atoms with Gasteiger partial charge in [-0.25, -0.2) is 4.79 Å². The second kappa shape index (κ2) is 7.78. The molecule has 1 atom stereocenters. The van der Waals surface area contributed by atoms with Crippen LogP contribution in [0.25, 0.3) is 0 Å². The molecule has 2 amide bonds. The largest absolute Gasteiger partial charge is 0.495 e. The molecule has 2 aromatic carbocycles. The number of ether oxygens (including phenoxy) is 1. The van der Waals surface area contributed by atoms with E-state index in [0.29, 0.717) is 34.6 Å². The Morgan fingerprint density at radius 1 is 1.11 bits per heavy atom. The van der Waals surface area contributed by atoms with E-state index in [0.717, 1.165) is 11.3 Å². The topological polar surface area (TPSA) is 46.5 Å². The van der Waals surface area contributed by atoms with Crippen molar-refractivity contribution < 1.29 is 9.53 Å². The van der Waals surface area contributed by atoms with E-state index < -0.39 is 0 Å². The van der Waals surface area contributed by atoms with Crippen LogP contribution in [0.15, 0.2) is 60.8 Å². The number of hydrogen-bond acceptors (Lipinski definition) is 2. The van der Waals surface area contributed by atoms with E-state index in [-0.39, 0.29) is 12.1 Å². The lowest BCUT2D eigenvalue weighted by Gasteiger charge is -2.37. The fourth-order valence-corrected chi connectivity index (χ4v) is 4.10. The second-order valence-electron chi connectivity index (χ2n) is 6.52. The van der Waals surface area contributed by atoms with E-state index in [4.69, 9.17) is 27.9 Å². The number of hydrogen-bond donors (Lipinski definition) is 1. The number of nitrogens with one attached hydrogen (secondary N) is 1. The number of para-hydroxylation sites is 2. The molecule has 1 aliphatic heterocycles. The molecule has 1 N–H and O–H groups in total. The van der Waals surface area contributed by atoms with Crippen molar-refractivity contribution in [3.63, 3.8) is 0 Å². The predicted molar refractivity (Wildman–Crippen MR) is 111 cm³/mol. The second-order valence-corrected chi connectivity index (χ2v) is 7.36. The van der Waals surface area contributed by atoms with Gasteiger partial charge in [-0.3, -0.25) is 0 Å². The summed E-state index contributed by atoms with van der Waals surface area (Å²) in [5.41, 5.74) is 2.46. The van der Waals surface area contributed by atoms with Gasteiger partial charge in [-0.2, -0.15) is 0 Å². The first-order chi connectivity index (χ1) is 13.6. The quantitative estimate of drug-likeness (QED) is 0.618. The number of halogens is 2. The van der Waals surface area contributed by atoms with E-state index in [9.17, 15) is 4.79 Å². The van der Waals surface area contributed by atoms with Gasteiger partial charge >= 0.3 is 6.03 Å². The summed E-state index contributed by atoms with van der Waals surface area (Å²) in [6.07, 6.45) is 2.02. The van der Waals surface area contributed by atoms with E-state index in [1.54, 1.807) is 24.1 Å². The molecule has 0 saturated carbocycles. The predicted octanol–water partition coefficient (Wildman–Crippen LogP) is 5.44. The van der Waals surface area contributed by atoms with Crippen LogP contribution in [0.5, 0.6) is 5.75 Å². The minimum Gasteiger partial charge on any atom is -0.495 e. The summed E-state index contributed by atoms with van der Waals surface area (Å²) in [5.74, 6) is 0.609. The molecular formula is C21H19Cl2N3O2. The average molecular weight is 416 g/mol. The molecule has 0 radical (unpaired) electrons. The van der Waals surface area contributed by atoms with Crippen molar-refractivity contribution in [2.45, 2.75) is 12.6 Å². The van der Waals surface area contributed by atoms with Gasteiger partial charge in [-0.15, -0.1) is 0 Å². The molecule has 1 aliphatic rings. The molecule has 28 heavy (non-hydrogen) atoms. The zero-order valence-electron chi connectivity index (χ0n) is 15.2. The van der Waals surface area contributed by atoms with Gasteiger partial charge in [0.15, 0.2) is 0 Å². The van der Waals surface area contributed by atoms with Gasteiger partial charge in [-0.05, 0) is 42.0 Å². The van der Waals surface area contributed by atoms with Gasteiger partial charge in [0.05, 0.1) is 12.8 Å². The van der Waals surface area contributed by atoms with E-state index in [1.165, 1.54) is 0 Å². The number of nitrogens with zero attached hydrogens (tertiary/aromatic N) is 2. The number of urea groups is 1. The highest BCUT2D eigenvalue weighted by atomic mass is 35.5. The Hall–Kier alpha value is -2.63. The average Bonchev–Trinajstić information content (AvgIpc) is 3.17. The number of amides is 2. The fourth-order valence-electron chi connectivity index (χ4n) is 3.59. The van der Waals surface area contributed by atoms with Gasteiger partial charge in [0.1, 0.15) is 11.8 Å². The van der Waals surface area contributed by atoms with E-state index >= 15 is 0 Å². The fraction of sp³-hybridized carbons (Fsp3) is 0.190. The molecule has 144 valence electrons. The third-order valence-corrected chi connectivity index (χ3v) is 5.47. The van der Waals surface area contributed by atoms with Crippen molar-refractivity contribution >= 4 is 34.9 Å². The van der Waals surface area contributed by atoms with Gasteiger partial charge < -0.3 is 19.5 Å². The molecule has 5 nitrogen and oxygen atoms in total. The molecule has 0 aliphatic carbocycles. The number of benzene rings is 2. The maximum Gasteiger partial charge on any atom is 0.322 e. The smallest absolute Gasteiger partial charge is 0.322 e. The third-order valence-electron chi connectivity index (χ3n) is 4.90. The molecule has 0 bridgehead atoms. The molecule has 4 rings (SSSR count). The van der Waals surface area contributed by atoms with Crippen LogP contribution < -0.4 is 10.1 Å². The molecular weight excluding hydrogens is 397 g/mol. The minimum absolute atomic E-state index is 0.215. The zero-order valence-corrected chi connectivity index (χ0v) is 16.7. The Labute approximate surface area is 173 Å². The first kappa shape index (κ1) is 18.7. The summed E-state index contributed by atoms with van der Waals surface area (Å²) >= 11 is 12.6. The zero-order chi connectivity index (χ0) is 19.7. The molecule has 0 spiro atoms. The lowest BCUT2D eigenvalue weighted by molar-refractivity contribution is 0.182. The van der Waals surface area contributed by atoms with E-state index in [1.807, 2.05) is 48.7 Å². The minimum atomic E-state index is -0.316. The summed E-state index contributed by atoms with van der Waals surface area (Å²) in [6, 6.07) is 16.2. The van der Waals surface area contributed by atoms with Crippen molar-refractivity contribution in [1.29, 1.82) is 0 Å². The van der Waals surface area contributed by atoms with Gasteiger partial charge in [0, 0.05) is 35.0 Å². The SMILES string of the molecule is COc1ccccc1NC(=O)N1CCn2cccc2C1c1ccc(Cl)cc1Cl. The molecule has 0 fully saturated rings. The Bertz CT molecular complexity index is 1020. The number of fused-ring (bicyclic) bond motifs is 1. The standard InChI is InChI=1S/C21H19Cl2N3O2/c1-28-19-7-3-2-5-17(19)24-21(27)26-12-11-25-10-4-6-18(25)20(26)15-9-8-14(22)13-16(15)23/h2-10,13,20H,11-12H2,1H3,(H,24,27). The van der Waals surface area contributed by atoms with Gasteiger partial charge in [0.2, 0.25) is 0 Å². The van der Waals surface area contributed by atoms with Crippen LogP contribution in [0.1, 0.15) is 17.3 Å². The van der Waals surface area contributed by atoms with Crippen LogP contribution in [0, 0.1) is 0 Å². The number of anilines is 1. The highest BCUT2D eigenvalue weighted by Gasteiger charge is 2.33. The number of rotatable bonds is 3. The summed E-state index contributed by atoms with van der Waals surface area (Å²) < 4.78 is 7.49. The summed E-state index contributed by atoms with van der Waals surface area (Å²) in [6.45, 7) is 1.26. The molecule has 2 heterocycles. The third kappa shape index (κ3) is 3.43. The monoisotopic (exact) mass is 415 g/mol. The highest BCUT2D eigenvalue weighted by molar-refractivity contribution is 6.35. The highest BCUT2D eigenvalue weighted by Crippen LogP contribution is 2.37. The van der Waals surface area contributed by atoms with Crippen molar-refractivity contribution in [1.82, 2.24) is 9.47 Å². The van der Waals surface area contributed by atoms with Crippen LogP contribution in [0.3, 0.4) is 0 Å². The van der Waals surface area contributed by atoms with Crippen LogP contribution in [0.2, 0.25) is 10.0 Å². The maximum atomic E-state index is 13.2. The van der Waals surface area contributed by atoms with Crippen molar-refractivity contribution in [2.75, 3.05) is 19.0 Å². The number of aromatic nitrogens is 1. The van der Waals surface area contributed by atoms with Crippen LogP contribution >= 0.6 is 23.2 Å². The molecule has 1 aromatic heterocycles. The Balaban J connectivity index is 1.71. The normalized spacial score (nSPS) is 15.8. The Kier molecular flexibility index (Phi) is 5.20. The van der Waals surface area contributed by atoms with E-state index in [2.05, 4.69) is 9.88 Å². The molecule has 3 aromatic rings. The van der Waals surface area contributed by atoms with Gasteiger partial charge in [0.25, 0.3) is 0 Å². The van der Waals surface area contributed by atoms with Crippen molar-refractivity contribution in [3.8, 4) is 5.75 Å². The Morgan fingerprint density at radius 2 is 1.93 bits per heavy atom. The Morgan fingerprint density at radius 3 is 2.71 bits per heavy atom.